The van der Waals surface area contributed by atoms with Crippen molar-refractivity contribution in [3.63, 3.8) is 0 Å². The molecule has 3 aromatic rings. The number of aryl methyl sites for hydroxylation is 1. The minimum atomic E-state index is 0.113. The Morgan fingerprint density at radius 3 is 2.62 bits per heavy atom. The monoisotopic (exact) mass is 346 g/mol. The summed E-state index contributed by atoms with van der Waals surface area (Å²) in [4.78, 5) is 14.4. The second-order valence-corrected chi connectivity index (χ2v) is 7.17. The number of benzene rings is 2. The van der Waals surface area contributed by atoms with Crippen molar-refractivity contribution < 1.29 is 4.79 Å². The molecule has 5 heteroatoms. The lowest BCUT2D eigenvalue weighted by atomic mass is 10.0. The van der Waals surface area contributed by atoms with E-state index in [0.29, 0.717) is 6.54 Å². The number of fused-ring (bicyclic) bond motifs is 1. The molecule has 4 rings (SSSR count). The number of carbonyl (C=O) groups excluding carboxylic acids is 1. The third kappa shape index (κ3) is 2.60. The predicted octanol–water partition coefficient (Wildman–Crippen LogP) is 3.92. The highest BCUT2D eigenvalue weighted by molar-refractivity contribution is 5.99. The van der Waals surface area contributed by atoms with Gasteiger partial charge in [-0.1, -0.05) is 23.4 Å². The minimum Gasteiger partial charge on any atom is -0.332 e. The van der Waals surface area contributed by atoms with E-state index in [9.17, 15) is 4.79 Å². The van der Waals surface area contributed by atoms with Gasteiger partial charge in [0.25, 0.3) is 5.91 Å². The molecule has 0 saturated carbocycles. The largest absolute Gasteiger partial charge is 0.332 e. The second kappa shape index (κ2) is 6.09. The molecule has 0 radical (unpaired) electrons. The van der Waals surface area contributed by atoms with Crippen molar-refractivity contribution in [2.45, 2.75) is 40.3 Å². The molecule has 0 unspecified atom stereocenters. The Kier molecular flexibility index (Phi) is 3.87. The molecule has 1 aliphatic rings. The van der Waals surface area contributed by atoms with Crippen molar-refractivity contribution in [2.24, 2.45) is 0 Å². The maximum Gasteiger partial charge on any atom is 0.254 e. The van der Waals surface area contributed by atoms with Gasteiger partial charge in [0.05, 0.1) is 11.4 Å². The molecule has 2 aromatic carbocycles. The molecule has 26 heavy (non-hydrogen) atoms. The van der Waals surface area contributed by atoms with Crippen molar-refractivity contribution in [3.8, 4) is 16.9 Å². The van der Waals surface area contributed by atoms with Crippen molar-refractivity contribution in [1.82, 2.24) is 19.9 Å². The van der Waals surface area contributed by atoms with E-state index >= 15 is 0 Å². The Labute approximate surface area is 153 Å². The number of hydrogen-bond donors (Lipinski definition) is 0. The fourth-order valence-corrected chi connectivity index (χ4v) is 3.51. The van der Waals surface area contributed by atoms with Crippen LogP contribution in [0.1, 0.15) is 41.0 Å². The van der Waals surface area contributed by atoms with Crippen LogP contribution in [0.15, 0.2) is 42.5 Å². The first-order valence-electron chi connectivity index (χ1n) is 8.89. The van der Waals surface area contributed by atoms with E-state index in [1.165, 1.54) is 5.56 Å². The minimum absolute atomic E-state index is 0.113. The smallest absolute Gasteiger partial charge is 0.254 e. The molecule has 0 spiro atoms. The molecular formula is C21H22N4O. The van der Waals surface area contributed by atoms with Crippen LogP contribution in [0, 0.1) is 13.8 Å². The summed E-state index contributed by atoms with van der Waals surface area (Å²) in [6.07, 6.45) is 0. The average molecular weight is 346 g/mol. The summed E-state index contributed by atoms with van der Waals surface area (Å²) in [5.74, 6) is 0.113. The average Bonchev–Trinajstić information content (AvgIpc) is 3.15. The highest BCUT2D eigenvalue weighted by atomic mass is 16.2. The summed E-state index contributed by atoms with van der Waals surface area (Å²) in [6.45, 7) is 8.83. The summed E-state index contributed by atoms with van der Waals surface area (Å²) in [6, 6.07) is 14.4. The Hall–Kier alpha value is -2.95. The van der Waals surface area contributed by atoms with Crippen LogP contribution in [0.5, 0.6) is 0 Å². The van der Waals surface area contributed by atoms with Crippen molar-refractivity contribution in [1.29, 1.82) is 0 Å². The molecule has 0 aliphatic carbocycles. The van der Waals surface area contributed by atoms with E-state index in [-0.39, 0.29) is 11.9 Å². The zero-order valence-corrected chi connectivity index (χ0v) is 15.5. The molecule has 132 valence electrons. The lowest BCUT2D eigenvalue weighted by molar-refractivity contribution is 0.0730. The van der Waals surface area contributed by atoms with Gasteiger partial charge in [-0.25, -0.2) is 4.68 Å². The number of hydrogen-bond acceptors (Lipinski definition) is 3. The van der Waals surface area contributed by atoms with Crippen molar-refractivity contribution >= 4 is 5.91 Å². The quantitative estimate of drug-likeness (QED) is 0.722. The van der Waals surface area contributed by atoms with Crippen molar-refractivity contribution in [3.05, 3.63) is 64.8 Å². The fourth-order valence-electron chi connectivity index (χ4n) is 3.51. The third-order valence-corrected chi connectivity index (χ3v) is 4.97. The molecule has 1 amide bonds. The standard InChI is InChI=1S/C21H22N4O/c1-13(2)24-12-17-11-16(8-9-19(17)21(24)26)20-15(4)25(23-22-20)18-7-5-6-14(3)10-18/h5-11,13H,12H2,1-4H3. The summed E-state index contributed by atoms with van der Waals surface area (Å²) >= 11 is 0. The zero-order valence-electron chi connectivity index (χ0n) is 15.5. The van der Waals surface area contributed by atoms with Crippen LogP contribution in [-0.4, -0.2) is 31.8 Å². The highest BCUT2D eigenvalue weighted by Gasteiger charge is 2.29. The van der Waals surface area contributed by atoms with Crippen LogP contribution in [0.4, 0.5) is 0 Å². The molecule has 2 heterocycles. The van der Waals surface area contributed by atoms with Gasteiger partial charge in [0, 0.05) is 23.7 Å². The first-order valence-corrected chi connectivity index (χ1v) is 8.89. The van der Waals surface area contributed by atoms with Gasteiger partial charge in [0.15, 0.2) is 0 Å². The lowest BCUT2D eigenvalue weighted by Gasteiger charge is -2.19. The molecule has 0 N–H and O–H groups in total. The van der Waals surface area contributed by atoms with Crippen molar-refractivity contribution in [2.75, 3.05) is 0 Å². The van der Waals surface area contributed by atoms with E-state index in [1.54, 1.807) is 0 Å². The number of nitrogens with zero attached hydrogens (tertiary/aromatic N) is 4. The van der Waals surface area contributed by atoms with Gasteiger partial charge in [-0.3, -0.25) is 4.79 Å². The number of aromatic nitrogens is 3. The lowest BCUT2D eigenvalue weighted by Crippen LogP contribution is -2.30. The van der Waals surface area contributed by atoms with Gasteiger partial charge in [-0.05, 0) is 63.1 Å². The SMILES string of the molecule is Cc1cccc(-n2nnc(-c3ccc4c(c3)CN(C(C)C)C4=O)c2C)c1. The van der Waals surface area contributed by atoms with Gasteiger partial charge in [-0.15, -0.1) is 5.10 Å². The van der Waals surface area contributed by atoms with Crippen LogP contribution in [-0.2, 0) is 6.54 Å². The Balaban J connectivity index is 1.73. The number of carbonyl (C=O) groups is 1. The highest BCUT2D eigenvalue weighted by Crippen LogP contribution is 2.30. The van der Waals surface area contributed by atoms with Crippen LogP contribution in [0.2, 0.25) is 0 Å². The number of rotatable bonds is 3. The molecule has 0 saturated heterocycles. The molecule has 1 aliphatic heterocycles. The maximum absolute atomic E-state index is 12.5. The van der Waals surface area contributed by atoms with Gasteiger partial charge in [-0.2, -0.15) is 0 Å². The van der Waals surface area contributed by atoms with E-state index in [2.05, 4.69) is 35.4 Å². The second-order valence-electron chi connectivity index (χ2n) is 7.17. The predicted molar refractivity (Wildman–Crippen MR) is 101 cm³/mol. The first-order chi connectivity index (χ1) is 12.5. The van der Waals surface area contributed by atoms with E-state index in [1.807, 2.05) is 54.6 Å². The topological polar surface area (TPSA) is 51.0 Å². The molecule has 0 atom stereocenters. The van der Waals surface area contributed by atoms with E-state index in [4.69, 9.17) is 0 Å². The first kappa shape index (κ1) is 16.5. The Morgan fingerprint density at radius 1 is 1.08 bits per heavy atom. The van der Waals surface area contributed by atoms with Crippen LogP contribution in [0.3, 0.4) is 0 Å². The Bertz CT molecular complexity index is 1000. The van der Waals surface area contributed by atoms with Gasteiger partial charge < -0.3 is 4.90 Å². The molecule has 0 fully saturated rings. The summed E-state index contributed by atoms with van der Waals surface area (Å²) in [5.41, 5.74) is 6.88. The molecule has 5 nitrogen and oxygen atoms in total. The third-order valence-electron chi connectivity index (χ3n) is 4.97. The normalized spacial score (nSPS) is 13.6. The van der Waals surface area contributed by atoms with Crippen LogP contribution >= 0.6 is 0 Å². The van der Waals surface area contributed by atoms with Gasteiger partial charge in [0.2, 0.25) is 0 Å². The van der Waals surface area contributed by atoms with Crippen LogP contribution in [0.25, 0.3) is 16.9 Å². The maximum atomic E-state index is 12.5. The zero-order chi connectivity index (χ0) is 18.4. The number of amides is 1. The molecular weight excluding hydrogens is 324 g/mol. The fraction of sp³-hybridized carbons (Fsp3) is 0.286. The molecule has 1 aromatic heterocycles. The summed E-state index contributed by atoms with van der Waals surface area (Å²) < 4.78 is 1.86. The van der Waals surface area contributed by atoms with Gasteiger partial charge >= 0.3 is 0 Å². The summed E-state index contributed by atoms with van der Waals surface area (Å²) in [7, 11) is 0. The Morgan fingerprint density at radius 2 is 1.88 bits per heavy atom. The van der Waals surface area contributed by atoms with E-state index in [0.717, 1.165) is 33.8 Å². The van der Waals surface area contributed by atoms with E-state index < -0.39 is 0 Å². The van der Waals surface area contributed by atoms with Gasteiger partial charge in [0.1, 0.15) is 5.69 Å². The molecule has 0 bridgehead atoms. The summed E-state index contributed by atoms with van der Waals surface area (Å²) in [5, 5.41) is 8.75. The van der Waals surface area contributed by atoms with Crippen LogP contribution < -0.4 is 0 Å².